The number of thiazole rings is 1. The molecule has 4 aromatic carbocycles. The third-order valence-electron chi connectivity index (χ3n) is 11.4. The highest BCUT2D eigenvalue weighted by Gasteiger charge is 2.42. The van der Waals surface area contributed by atoms with E-state index in [0.717, 1.165) is 39.2 Å². The number of likely N-dealkylation sites (N-methyl/N-ethyl adjacent to an activating group) is 1. The molecule has 1 aliphatic rings. The Morgan fingerprint density at radius 3 is 2.20 bits per heavy atom. The van der Waals surface area contributed by atoms with Crippen molar-refractivity contribution in [1.29, 1.82) is 0 Å². The molecule has 2 heterocycles. The minimum atomic E-state index is -0.925. The maximum atomic E-state index is 13.8. The van der Waals surface area contributed by atoms with Crippen LogP contribution in [0.1, 0.15) is 74.4 Å². The molecule has 0 unspecified atom stereocenters. The molecule has 1 aliphatic heterocycles. The lowest BCUT2D eigenvalue weighted by atomic mass is 9.88. The molecule has 0 spiro atoms. The first-order valence-electron chi connectivity index (χ1n) is 22.4. The van der Waals surface area contributed by atoms with Gasteiger partial charge in [0.05, 0.1) is 35.2 Å². The Kier molecular flexibility index (Phi) is 17.7. The van der Waals surface area contributed by atoms with Gasteiger partial charge in [-0.25, -0.2) is 9.78 Å². The van der Waals surface area contributed by atoms with Crippen LogP contribution in [0.2, 0.25) is 0 Å². The molecule has 66 heavy (non-hydrogen) atoms. The minimum Gasteiger partial charge on any atom is -0.492 e. The van der Waals surface area contributed by atoms with E-state index in [1.54, 1.807) is 32.2 Å². The Morgan fingerprint density at radius 2 is 1.56 bits per heavy atom. The summed E-state index contributed by atoms with van der Waals surface area (Å²) in [5.41, 5.74) is 10.5. The molecule has 0 saturated carbocycles. The summed E-state index contributed by atoms with van der Waals surface area (Å²) in [5.74, 6) is 4.76. The highest BCUT2D eigenvalue weighted by atomic mass is 32.1. The summed E-state index contributed by atoms with van der Waals surface area (Å²) < 4.78 is 11.4. The molecular formula is C53H59N5O7S. The van der Waals surface area contributed by atoms with Gasteiger partial charge in [0.25, 0.3) is 0 Å². The van der Waals surface area contributed by atoms with E-state index in [9.17, 15) is 24.3 Å². The molecule has 1 fully saturated rings. The minimum absolute atomic E-state index is 0.0164. The zero-order valence-corrected chi connectivity index (χ0v) is 39.1. The van der Waals surface area contributed by atoms with Gasteiger partial charge < -0.3 is 35.0 Å². The molecule has 5 aromatic rings. The number of aromatic nitrogens is 1. The van der Waals surface area contributed by atoms with Gasteiger partial charge in [-0.1, -0.05) is 130 Å². The van der Waals surface area contributed by atoms with Crippen molar-refractivity contribution in [2.75, 3.05) is 33.4 Å². The van der Waals surface area contributed by atoms with Crippen LogP contribution in [0, 0.1) is 24.7 Å². The summed E-state index contributed by atoms with van der Waals surface area (Å²) in [6.45, 7) is 8.58. The molecule has 1 aromatic heterocycles. The molecule has 3 atom stereocenters. The molecule has 6 rings (SSSR count). The number of allylic oxidation sites excluding steroid dienone is 1. The van der Waals surface area contributed by atoms with Gasteiger partial charge >= 0.3 is 6.09 Å². The standard InChI is InChI=1S/C53H59N5O7S/c1-6-45(39-16-10-7-11-17-39)48(40-18-12-8-13-19-40)41-25-27-44(28-26-41)64-31-29-57(5)53(63)65-30-15-9-14-20-47(60)56-49(36(2)3)52(62)58-34-43(59)32-46(58)51(61)54-33-38-21-23-42(24-22-38)50-37(4)55-35-66-50/h7-8,10-13,16-19,21-28,35-36,43,46,49,59H,6,15,20,29-34H2,1-5H3,(H,54,61)(H,56,60)/b48-45-/t43-,46+,49+/m1/s1. The number of aryl methyl sites for hydroxylation is 1. The van der Waals surface area contributed by atoms with E-state index in [2.05, 4.69) is 82.9 Å². The van der Waals surface area contributed by atoms with Crippen LogP contribution < -0.4 is 15.4 Å². The summed E-state index contributed by atoms with van der Waals surface area (Å²) in [5, 5.41) is 16.2. The molecule has 3 N–H and O–H groups in total. The van der Waals surface area contributed by atoms with Crippen molar-refractivity contribution in [2.24, 2.45) is 5.92 Å². The molecule has 12 nitrogen and oxygen atoms in total. The van der Waals surface area contributed by atoms with E-state index in [0.29, 0.717) is 12.3 Å². The third kappa shape index (κ3) is 13.2. The van der Waals surface area contributed by atoms with Crippen molar-refractivity contribution in [1.82, 2.24) is 25.4 Å². The lowest BCUT2D eigenvalue weighted by Crippen LogP contribution is -2.55. The molecule has 4 amide bonds. The predicted octanol–water partition coefficient (Wildman–Crippen LogP) is 8.14. The predicted molar refractivity (Wildman–Crippen MR) is 259 cm³/mol. The van der Waals surface area contributed by atoms with Crippen LogP contribution in [-0.4, -0.2) is 95.2 Å². The highest BCUT2D eigenvalue weighted by Crippen LogP contribution is 2.35. The normalized spacial score (nSPS) is 15.2. The average molecular weight is 910 g/mol. The quantitative estimate of drug-likeness (QED) is 0.0453. The summed E-state index contributed by atoms with van der Waals surface area (Å²) in [7, 11) is 1.63. The maximum Gasteiger partial charge on any atom is 0.409 e. The molecule has 0 aliphatic carbocycles. The van der Waals surface area contributed by atoms with Gasteiger partial charge in [0.15, 0.2) is 0 Å². The van der Waals surface area contributed by atoms with Crippen LogP contribution in [0.15, 0.2) is 115 Å². The van der Waals surface area contributed by atoms with Gasteiger partial charge in [-0.05, 0) is 70.4 Å². The summed E-state index contributed by atoms with van der Waals surface area (Å²) >= 11 is 1.57. The number of carbonyl (C=O) groups excluding carboxylic acids is 4. The van der Waals surface area contributed by atoms with Crippen molar-refractivity contribution in [3.63, 3.8) is 0 Å². The van der Waals surface area contributed by atoms with Gasteiger partial charge in [-0.2, -0.15) is 0 Å². The van der Waals surface area contributed by atoms with Gasteiger partial charge in [0, 0.05) is 33.0 Å². The third-order valence-corrected chi connectivity index (χ3v) is 12.3. The molecule has 344 valence electrons. The number of nitrogens with zero attached hydrogens (tertiary/aromatic N) is 3. The average Bonchev–Trinajstić information content (AvgIpc) is 3.95. The number of likely N-dealkylation sites (tertiary alicyclic amines) is 1. The number of benzene rings is 4. The first-order chi connectivity index (χ1) is 31.9. The van der Waals surface area contributed by atoms with Crippen molar-refractivity contribution >= 4 is 46.3 Å². The van der Waals surface area contributed by atoms with Crippen molar-refractivity contribution in [3.05, 3.63) is 143 Å². The topological polar surface area (TPSA) is 150 Å². The fraction of sp³-hybridized carbons (Fsp3) is 0.340. The second-order valence-electron chi connectivity index (χ2n) is 16.5. The Morgan fingerprint density at radius 1 is 0.894 bits per heavy atom. The largest absolute Gasteiger partial charge is 0.492 e. The number of rotatable bonds is 18. The number of β-amino-alcohol motifs (C(OH)–C–C–N with tert-alkyl or cyclic N) is 1. The zero-order valence-electron chi connectivity index (χ0n) is 38.3. The summed E-state index contributed by atoms with van der Waals surface area (Å²) in [6, 6.07) is 34.9. The Hall–Kier alpha value is -6.75. The molecule has 13 heteroatoms. The lowest BCUT2D eigenvalue weighted by molar-refractivity contribution is -0.142. The Balaban J connectivity index is 0.912. The number of ether oxygens (including phenoxy) is 2. The molecule has 0 bridgehead atoms. The van der Waals surface area contributed by atoms with E-state index >= 15 is 0 Å². The first kappa shape index (κ1) is 48.7. The number of carbonyl (C=O) groups is 4. The van der Waals surface area contributed by atoms with E-state index in [1.165, 1.54) is 26.5 Å². The number of nitrogens with one attached hydrogen (secondary N) is 2. The van der Waals surface area contributed by atoms with E-state index in [-0.39, 0.29) is 57.4 Å². The number of amides is 4. The highest BCUT2D eigenvalue weighted by molar-refractivity contribution is 7.13. The molecule has 0 radical (unpaired) electrons. The van der Waals surface area contributed by atoms with E-state index in [4.69, 9.17) is 9.47 Å². The van der Waals surface area contributed by atoms with E-state index < -0.39 is 36.1 Å². The first-order valence-corrected chi connectivity index (χ1v) is 23.3. The lowest BCUT2D eigenvalue weighted by Gasteiger charge is -2.30. The van der Waals surface area contributed by atoms with Gasteiger partial charge in [0.2, 0.25) is 17.7 Å². The molecular weight excluding hydrogens is 851 g/mol. The fourth-order valence-electron chi connectivity index (χ4n) is 7.81. The number of aliphatic hydroxyl groups excluding tert-OH is 1. The van der Waals surface area contributed by atoms with Crippen LogP contribution >= 0.6 is 11.3 Å². The summed E-state index contributed by atoms with van der Waals surface area (Å²) in [6.07, 6.45) is -0.390. The fourth-order valence-corrected chi connectivity index (χ4v) is 8.62. The second-order valence-corrected chi connectivity index (χ2v) is 17.3. The summed E-state index contributed by atoms with van der Waals surface area (Å²) in [4.78, 5) is 60.9. The second kappa shape index (κ2) is 24.0. The van der Waals surface area contributed by atoms with Crippen LogP contribution in [0.25, 0.3) is 21.6 Å². The van der Waals surface area contributed by atoms with Crippen molar-refractivity contribution < 1.29 is 33.8 Å². The number of hydrogen-bond acceptors (Lipinski definition) is 9. The number of aliphatic hydroxyl groups is 1. The van der Waals surface area contributed by atoms with Crippen molar-refractivity contribution in [2.45, 2.75) is 78.1 Å². The van der Waals surface area contributed by atoms with Gasteiger partial charge in [0.1, 0.15) is 31.0 Å². The van der Waals surface area contributed by atoms with Crippen LogP contribution in [-0.2, 0) is 25.7 Å². The Bertz CT molecular complexity index is 2500. The van der Waals surface area contributed by atoms with E-state index in [1.807, 2.05) is 73.1 Å². The van der Waals surface area contributed by atoms with Crippen LogP contribution in [0.3, 0.4) is 0 Å². The SMILES string of the molecule is CC/C(=C(\c1ccccc1)c1ccc(OCCN(C)C(=O)OCCC#CCC(=O)N[C@H](C(=O)N2C[C@H](O)C[C@H]2C(=O)NCc2ccc(-c3scnc3C)cc2)C(C)C)cc1)c1ccccc1. The Labute approximate surface area is 392 Å². The van der Waals surface area contributed by atoms with Crippen LogP contribution in [0.5, 0.6) is 5.75 Å². The zero-order chi connectivity index (χ0) is 47.0. The monoisotopic (exact) mass is 909 g/mol. The molecule has 1 saturated heterocycles. The van der Waals surface area contributed by atoms with Gasteiger partial charge in [-0.15, -0.1) is 11.3 Å². The smallest absolute Gasteiger partial charge is 0.409 e. The number of hydrogen-bond donors (Lipinski definition) is 3. The van der Waals surface area contributed by atoms with Gasteiger partial charge in [-0.3, -0.25) is 14.4 Å². The van der Waals surface area contributed by atoms with Crippen molar-refractivity contribution in [3.8, 4) is 28.0 Å². The van der Waals surface area contributed by atoms with Crippen LogP contribution in [0.4, 0.5) is 4.79 Å². The maximum absolute atomic E-state index is 13.8.